The van der Waals surface area contributed by atoms with Crippen molar-refractivity contribution in [2.45, 2.75) is 52.4 Å². The Morgan fingerprint density at radius 3 is 2.38 bits per heavy atom. The van der Waals surface area contributed by atoms with Crippen LogP contribution in [0.25, 0.3) is 0 Å². The third-order valence-electron chi connectivity index (χ3n) is 3.86. The lowest BCUT2D eigenvalue weighted by Crippen LogP contribution is -2.46. The summed E-state index contributed by atoms with van der Waals surface area (Å²) in [7, 11) is 1.35. The summed E-state index contributed by atoms with van der Waals surface area (Å²) in [6.07, 6.45) is 1.85. The van der Waals surface area contributed by atoms with Gasteiger partial charge in [0.25, 0.3) is 0 Å². The fourth-order valence-corrected chi connectivity index (χ4v) is 2.44. The molecule has 0 atom stereocenters. The molecule has 0 bridgehead atoms. The predicted molar refractivity (Wildman–Crippen MR) is 99.9 cm³/mol. The summed E-state index contributed by atoms with van der Waals surface area (Å²) < 4.78 is 15.8. The molecular weight excluding hydrogens is 358 g/mol. The molecule has 0 aliphatic heterocycles. The molecule has 0 aromatic carbocycles. The van der Waals surface area contributed by atoms with Crippen molar-refractivity contribution >= 4 is 23.4 Å². The van der Waals surface area contributed by atoms with Gasteiger partial charge in [-0.05, 0) is 44.2 Å². The summed E-state index contributed by atoms with van der Waals surface area (Å²) in [5, 5.41) is 3.20. The summed E-state index contributed by atoms with van der Waals surface area (Å²) >= 11 is 5.93. The van der Waals surface area contributed by atoms with E-state index in [0.29, 0.717) is 37.4 Å². The average Bonchev–Trinajstić information content (AvgIpc) is 2.65. The number of esters is 1. The molecule has 0 unspecified atom stereocenters. The Morgan fingerprint density at radius 2 is 1.88 bits per heavy atom. The summed E-state index contributed by atoms with van der Waals surface area (Å²) in [6.45, 7) is 8.44. The van der Waals surface area contributed by atoms with Crippen LogP contribution in [-0.4, -0.2) is 48.1 Å². The number of rotatable bonds is 9. The van der Waals surface area contributed by atoms with E-state index in [9.17, 15) is 4.79 Å². The number of hydrogen-bond donors (Lipinski definition) is 1. The van der Waals surface area contributed by atoms with Gasteiger partial charge in [0.2, 0.25) is 11.6 Å². The van der Waals surface area contributed by atoms with Crippen LogP contribution >= 0.6 is 11.6 Å². The molecule has 0 aliphatic rings. The van der Waals surface area contributed by atoms with Gasteiger partial charge in [-0.3, -0.25) is 0 Å². The highest BCUT2D eigenvalue weighted by Gasteiger charge is 2.37. The summed E-state index contributed by atoms with van der Waals surface area (Å²) in [5.74, 6) is 5.81. The van der Waals surface area contributed by atoms with Gasteiger partial charge in [-0.1, -0.05) is 19.8 Å². The summed E-state index contributed by atoms with van der Waals surface area (Å²) in [4.78, 5) is 20.5. The van der Waals surface area contributed by atoms with E-state index < -0.39 is 11.8 Å². The molecule has 0 saturated carbocycles. The topological polar surface area (TPSA) is 82.6 Å². The Bertz CT molecular complexity index is 648. The molecule has 1 heterocycles. The molecule has 0 amide bonds. The number of carbonyl (C=O) groups is 1. The van der Waals surface area contributed by atoms with E-state index >= 15 is 0 Å². The molecule has 0 aliphatic carbocycles. The van der Waals surface area contributed by atoms with Gasteiger partial charge in [-0.25, -0.2) is 9.78 Å². The van der Waals surface area contributed by atoms with Crippen LogP contribution < -0.4 is 5.32 Å². The quantitative estimate of drug-likeness (QED) is 0.303. The third kappa shape index (κ3) is 5.84. The van der Waals surface area contributed by atoms with Crippen molar-refractivity contribution < 1.29 is 19.0 Å². The van der Waals surface area contributed by atoms with Gasteiger partial charge in [-0.15, -0.1) is 0 Å². The number of ether oxygens (including phenoxy) is 3. The number of methoxy groups -OCH3 is 1. The van der Waals surface area contributed by atoms with Crippen molar-refractivity contribution in [1.29, 1.82) is 0 Å². The minimum absolute atomic E-state index is 0.0511. The van der Waals surface area contributed by atoms with Gasteiger partial charge in [0.1, 0.15) is 11.4 Å². The van der Waals surface area contributed by atoms with Gasteiger partial charge >= 0.3 is 5.97 Å². The van der Waals surface area contributed by atoms with Crippen molar-refractivity contribution in [1.82, 2.24) is 9.97 Å². The Hall–Kier alpha value is -1.88. The second-order valence-corrected chi connectivity index (χ2v) is 5.66. The highest BCUT2D eigenvalue weighted by Crippen LogP contribution is 2.25. The van der Waals surface area contributed by atoms with Crippen molar-refractivity contribution in [3.63, 3.8) is 0 Å². The monoisotopic (exact) mass is 383 g/mol. The van der Waals surface area contributed by atoms with Crippen molar-refractivity contribution in [2.75, 3.05) is 25.6 Å². The number of nitrogens with one attached hydrogen (secondary N) is 1. The highest BCUT2D eigenvalue weighted by atomic mass is 35.5. The lowest BCUT2D eigenvalue weighted by atomic mass is 9.92. The first-order chi connectivity index (χ1) is 12.5. The summed E-state index contributed by atoms with van der Waals surface area (Å²) in [6, 6.07) is 0. The van der Waals surface area contributed by atoms with Crippen molar-refractivity contribution in [2.24, 2.45) is 0 Å². The molecule has 1 rings (SSSR count). The normalized spacial score (nSPS) is 11.0. The lowest BCUT2D eigenvalue weighted by molar-refractivity contribution is -0.146. The number of nitrogens with zero attached hydrogens (tertiary/aromatic N) is 2. The van der Waals surface area contributed by atoms with Crippen LogP contribution in [0, 0.1) is 11.8 Å². The zero-order valence-corrected chi connectivity index (χ0v) is 16.6. The van der Waals surface area contributed by atoms with Crippen molar-refractivity contribution in [3.8, 4) is 11.8 Å². The number of anilines is 1. The van der Waals surface area contributed by atoms with Crippen LogP contribution in [0.1, 0.15) is 46.1 Å². The van der Waals surface area contributed by atoms with Gasteiger partial charge < -0.3 is 19.5 Å². The molecule has 1 N–H and O–H groups in total. The van der Waals surface area contributed by atoms with Crippen LogP contribution in [0.4, 0.5) is 5.82 Å². The second-order valence-electron chi connectivity index (χ2n) is 5.32. The zero-order valence-electron chi connectivity index (χ0n) is 15.9. The maximum atomic E-state index is 12.3. The minimum atomic E-state index is -0.928. The van der Waals surface area contributed by atoms with E-state index in [-0.39, 0.29) is 11.3 Å². The first kappa shape index (κ1) is 22.2. The van der Waals surface area contributed by atoms with Crippen LogP contribution in [0.15, 0.2) is 6.20 Å². The molecule has 0 fully saturated rings. The van der Waals surface area contributed by atoms with Crippen LogP contribution in [0.2, 0.25) is 5.28 Å². The lowest BCUT2D eigenvalue weighted by Gasteiger charge is -2.30. The standard InChI is InChI=1S/C18H26ClN3O4/c1-6-18(7-2,16(23)24-5)22-15-13(12-20-17(19)21-15)10-11-14(25-8-3)26-9-4/h12,14H,6-9H2,1-5H3,(H,20,21,22). The van der Waals surface area contributed by atoms with E-state index in [0.717, 1.165) is 0 Å². The molecule has 0 radical (unpaired) electrons. The zero-order chi connectivity index (χ0) is 19.6. The largest absolute Gasteiger partial charge is 0.467 e. The smallest absolute Gasteiger partial charge is 0.331 e. The van der Waals surface area contributed by atoms with Gasteiger partial charge in [-0.2, -0.15) is 4.98 Å². The van der Waals surface area contributed by atoms with E-state index in [1.165, 1.54) is 13.3 Å². The van der Waals surface area contributed by atoms with E-state index in [4.69, 9.17) is 25.8 Å². The second kappa shape index (κ2) is 11.0. The fourth-order valence-electron chi connectivity index (χ4n) is 2.31. The molecule has 1 aromatic heterocycles. The molecule has 7 nitrogen and oxygen atoms in total. The fraction of sp³-hybridized carbons (Fsp3) is 0.611. The molecule has 8 heteroatoms. The van der Waals surface area contributed by atoms with Gasteiger partial charge in [0.05, 0.1) is 12.7 Å². The third-order valence-corrected chi connectivity index (χ3v) is 4.04. The van der Waals surface area contributed by atoms with E-state index in [2.05, 4.69) is 27.1 Å². The number of halogens is 1. The Balaban J connectivity index is 3.24. The Morgan fingerprint density at radius 1 is 1.27 bits per heavy atom. The maximum absolute atomic E-state index is 12.3. The first-order valence-corrected chi connectivity index (χ1v) is 8.97. The first-order valence-electron chi connectivity index (χ1n) is 8.60. The minimum Gasteiger partial charge on any atom is -0.467 e. The number of hydrogen-bond acceptors (Lipinski definition) is 7. The maximum Gasteiger partial charge on any atom is 0.331 e. The van der Waals surface area contributed by atoms with Gasteiger partial charge in [0, 0.05) is 19.4 Å². The van der Waals surface area contributed by atoms with Crippen molar-refractivity contribution in [3.05, 3.63) is 17.0 Å². The number of carbonyl (C=O) groups excluding carboxylic acids is 1. The molecular formula is C18H26ClN3O4. The van der Waals surface area contributed by atoms with E-state index in [1.807, 2.05) is 27.7 Å². The number of aromatic nitrogens is 2. The predicted octanol–water partition coefficient (Wildman–Crippen LogP) is 3.02. The molecule has 0 saturated heterocycles. The molecule has 0 spiro atoms. The van der Waals surface area contributed by atoms with Crippen LogP contribution in [0.3, 0.4) is 0 Å². The van der Waals surface area contributed by atoms with Gasteiger partial charge in [0.15, 0.2) is 0 Å². The molecule has 26 heavy (non-hydrogen) atoms. The Kier molecular flexibility index (Phi) is 9.35. The Labute approximate surface area is 159 Å². The highest BCUT2D eigenvalue weighted by molar-refractivity contribution is 6.28. The van der Waals surface area contributed by atoms with Crippen LogP contribution in [0.5, 0.6) is 0 Å². The SMILES string of the molecule is CCOC(C#Cc1cnc(Cl)nc1NC(CC)(CC)C(=O)OC)OCC. The molecule has 1 aromatic rings. The van der Waals surface area contributed by atoms with E-state index in [1.54, 1.807) is 0 Å². The average molecular weight is 384 g/mol. The molecule has 144 valence electrons. The summed E-state index contributed by atoms with van der Waals surface area (Å²) in [5.41, 5.74) is -0.448. The van der Waals surface area contributed by atoms with Crippen LogP contribution in [-0.2, 0) is 19.0 Å².